The van der Waals surface area contributed by atoms with Gasteiger partial charge in [0.25, 0.3) is 0 Å². The molecule has 3 nitrogen and oxygen atoms in total. The lowest BCUT2D eigenvalue weighted by Crippen LogP contribution is -2.39. The number of hydrogen-bond donors (Lipinski definition) is 2. The minimum absolute atomic E-state index is 0.00722. The predicted octanol–water partition coefficient (Wildman–Crippen LogP) is 2.71. The number of thiophene rings is 1. The Hall–Kier alpha value is -0.580. The van der Waals surface area contributed by atoms with Crippen LogP contribution in [0.1, 0.15) is 37.1 Å². The molecule has 1 aromatic heterocycles. The average molecular weight is 273 g/mol. The van der Waals surface area contributed by atoms with Gasteiger partial charge in [0.2, 0.25) is 5.91 Å². The van der Waals surface area contributed by atoms with Crippen LogP contribution in [0.5, 0.6) is 0 Å². The van der Waals surface area contributed by atoms with E-state index in [1.165, 1.54) is 11.3 Å². The zero-order chi connectivity index (χ0) is 12.4. The first-order chi connectivity index (χ1) is 8.08. The molecule has 5 heteroatoms. The van der Waals surface area contributed by atoms with Gasteiger partial charge in [0.05, 0.1) is 16.3 Å². The monoisotopic (exact) mass is 272 g/mol. The average Bonchev–Trinajstić information content (AvgIpc) is 2.86. The van der Waals surface area contributed by atoms with E-state index in [9.17, 15) is 4.79 Å². The minimum atomic E-state index is -0.0205. The van der Waals surface area contributed by atoms with Crippen molar-refractivity contribution in [2.75, 3.05) is 0 Å². The van der Waals surface area contributed by atoms with Crippen LogP contribution in [0.2, 0.25) is 4.34 Å². The third-order valence-electron chi connectivity index (χ3n) is 3.29. The van der Waals surface area contributed by atoms with Crippen LogP contribution in [0, 0.1) is 5.92 Å². The topological polar surface area (TPSA) is 55.1 Å². The molecule has 3 unspecified atom stereocenters. The maximum Gasteiger partial charge on any atom is 0.225 e. The Kier molecular flexibility index (Phi) is 4.07. The zero-order valence-corrected chi connectivity index (χ0v) is 11.4. The normalized spacial score (nSPS) is 25.8. The van der Waals surface area contributed by atoms with Crippen LogP contribution in [0.25, 0.3) is 0 Å². The van der Waals surface area contributed by atoms with Gasteiger partial charge in [-0.2, -0.15) is 0 Å². The van der Waals surface area contributed by atoms with Crippen LogP contribution >= 0.6 is 22.9 Å². The maximum atomic E-state index is 12.0. The molecule has 1 aromatic rings. The largest absolute Gasteiger partial charge is 0.348 e. The lowest BCUT2D eigenvalue weighted by Gasteiger charge is -2.18. The van der Waals surface area contributed by atoms with E-state index < -0.39 is 0 Å². The molecule has 94 valence electrons. The van der Waals surface area contributed by atoms with Gasteiger partial charge in [-0.25, -0.2) is 0 Å². The molecule has 0 aromatic carbocycles. The van der Waals surface area contributed by atoms with Crippen molar-refractivity contribution in [1.82, 2.24) is 5.32 Å². The number of amides is 1. The van der Waals surface area contributed by atoms with E-state index in [0.717, 1.165) is 28.5 Å². The molecule has 1 heterocycles. The van der Waals surface area contributed by atoms with Crippen molar-refractivity contribution in [3.05, 3.63) is 21.3 Å². The van der Waals surface area contributed by atoms with Gasteiger partial charge in [0.15, 0.2) is 0 Å². The summed E-state index contributed by atoms with van der Waals surface area (Å²) in [5.74, 6) is 0.0555. The molecule has 1 amide bonds. The molecule has 3 atom stereocenters. The van der Waals surface area contributed by atoms with Crippen molar-refractivity contribution in [1.29, 1.82) is 0 Å². The van der Waals surface area contributed by atoms with Gasteiger partial charge in [0.1, 0.15) is 0 Å². The van der Waals surface area contributed by atoms with E-state index >= 15 is 0 Å². The summed E-state index contributed by atoms with van der Waals surface area (Å²) in [5, 5.41) is 3.01. The number of rotatable bonds is 3. The molecular weight excluding hydrogens is 256 g/mol. The molecular formula is C12H17ClN2OS. The number of nitrogens with one attached hydrogen (secondary N) is 1. The Bertz CT molecular complexity index is 407. The summed E-state index contributed by atoms with van der Waals surface area (Å²) < 4.78 is 0.749. The molecule has 3 N–H and O–H groups in total. The van der Waals surface area contributed by atoms with E-state index in [-0.39, 0.29) is 23.9 Å². The van der Waals surface area contributed by atoms with E-state index in [1.807, 2.05) is 19.1 Å². The summed E-state index contributed by atoms with van der Waals surface area (Å²) >= 11 is 7.38. The highest BCUT2D eigenvalue weighted by molar-refractivity contribution is 7.16. The number of nitrogens with two attached hydrogens (primary N) is 1. The molecule has 0 radical (unpaired) electrons. The maximum absolute atomic E-state index is 12.0. The molecule has 1 aliphatic carbocycles. The van der Waals surface area contributed by atoms with Gasteiger partial charge in [-0.3, -0.25) is 4.79 Å². The fourth-order valence-corrected chi connectivity index (χ4v) is 3.33. The van der Waals surface area contributed by atoms with Crippen LogP contribution in [0.15, 0.2) is 12.1 Å². The molecule has 0 bridgehead atoms. The summed E-state index contributed by atoms with van der Waals surface area (Å²) in [6, 6.07) is 3.83. The smallest absolute Gasteiger partial charge is 0.225 e. The molecule has 17 heavy (non-hydrogen) atoms. The summed E-state index contributed by atoms with van der Waals surface area (Å²) in [7, 11) is 0. The Balaban J connectivity index is 1.94. The quantitative estimate of drug-likeness (QED) is 0.889. The van der Waals surface area contributed by atoms with Crippen LogP contribution in [-0.4, -0.2) is 11.9 Å². The number of carbonyl (C=O) groups is 1. The standard InChI is InChI=1S/C12H17ClN2OS/c1-7(10-5-6-11(13)17-10)15-12(16)8-3-2-4-9(8)14/h5-9H,2-4,14H2,1H3,(H,15,16). The van der Waals surface area contributed by atoms with Crippen molar-refractivity contribution in [3.63, 3.8) is 0 Å². The highest BCUT2D eigenvalue weighted by Crippen LogP contribution is 2.28. The summed E-state index contributed by atoms with van der Waals surface area (Å²) in [6.45, 7) is 1.97. The Morgan fingerprint density at radius 2 is 2.35 bits per heavy atom. The molecule has 2 rings (SSSR count). The van der Waals surface area contributed by atoms with Crippen molar-refractivity contribution >= 4 is 28.8 Å². The second-order valence-electron chi connectivity index (χ2n) is 4.57. The molecule has 1 saturated carbocycles. The molecule has 0 aliphatic heterocycles. The lowest BCUT2D eigenvalue weighted by molar-refractivity contribution is -0.125. The first-order valence-electron chi connectivity index (χ1n) is 5.89. The first-order valence-corrected chi connectivity index (χ1v) is 7.08. The van der Waals surface area contributed by atoms with Crippen LogP contribution in [0.4, 0.5) is 0 Å². The van der Waals surface area contributed by atoms with E-state index in [1.54, 1.807) is 0 Å². The van der Waals surface area contributed by atoms with Crippen molar-refractivity contribution in [2.45, 2.75) is 38.3 Å². The third-order valence-corrected chi connectivity index (χ3v) is 4.70. The van der Waals surface area contributed by atoms with Crippen molar-refractivity contribution in [3.8, 4) is 0 Å². The number of carbonyl (C=O) groups excluding carboxylic acids is 1. The number of hydrogen-bond acceptors (Lipinski definition) is 3. The number of halogens is 1. The summed E-state index contributed by atoms with van der Waals surface area (Å²) in [6.07, 6.45) is 2.92. The Labute approximate surface area is 110 Å². The zero-order valence-electron chi connectivity index (χ0n) is 9.78. The molecule has 0 spiro atoms. The van der Waals surface area contributed by atoms with Gasteiger partial charge in [-0.1, -0.05) is 18.0 Å². The highest BCUT2D eigenvalue weighted by Gasteiger charge is 2.30. The first kappa shape index (κ1) is 12.9. The highest BCUT2D eigenvalue weighted by atomic mass is 35.5. The molecule has 0 saturated heterocycles. The fraction of sp³-hybridized carbons (Fsp3) is 0.583. The third kappa shape index (κ3) is 3.00. The van der Waals surface area contributed by atoms with Gasteiger partial charge < -0.3 is 11.1 Å². The predicted molar refractivity (Wildman–Crippen MR) is 71.2 cm³/mol. The van der Waals surface area contributed by atoms with E-state index in [0.29, 0.717) is 0 Å². The van der Waals surface area contributed by atoms with E-state index in [2.05, 4.69) is 5.32 Å². The van der Waals surface area contributed by atoms with Gasteiger partial charge in [-0.05, 0) is 31.9 Å². The summed E-state index contributed by atoms with van der Waals surface area (Å²) in [5.41, 5.74) is 5.92. The second kappa shape index (κ2) is 5.38. The van der Waals surface area contributed by atoms with Gasteiger partial charge in [-0.15, -0.1) is 11.3 Å². The Morgan fingerprint density at radius 3 is 2.88 bits per heavy atom. The molecule has 1 aliphatic rings. The van der Waals surface area contributed by atoms with Gasteiger partial charge >= 0.3 is 0 Å². The second-order valence-corrected chi connectivity index (χ2v) is 6.32. The van der Waals surface area contributed by atoms with Crippen molar-refractivity contribution in [2.24, 2.45) is 11.7 Å². The lowest BCUT2D eigenvalue weighted by atomic mass is 10.0. The van der Waals surface area contributed by atoms with E-state index in [4.69, 9.17) is 17.3 Å². The Morgan fingerprint density at radius 1 is 1.59 bits per heavy atom. The molecule has 1 fully saturated rings. The van der Waals surface area contributed by atoms with Crippen LogP contribution in [0.3, 0.4) is 0 Å². The fourth-order valence-electron chi connectivity index (χ4n) is 2.27. The van der Waals surface area contributed by atoms with Crippen LogP contribution in [-0.2, 0) is 4.79 Å². The van der Waals surface area contributed by atoms with Crippen LogP contribution < -0.4 is 11.1 Å². The minimum Gasteiger partial charge on any atom is -0.348 e. The summed E-state index contributed by atoms with van der Waals surface area (Å²) in [4.78, 5) is 13.1. The van der Waals surface area contributed by atoms with Crippen molar-refractivity contribution < 1.29 is 4.79 Å². The van der Waals surface area contributed by atoms with Gasteiger partial charge in [0, 0.05) is 10.9 Å². The SMILES string of the molecule is CC(NC(=O)C1CCCC1N)c1ccc(Cl)s1.